The van der Waals surface area contributed by atoms with Crippen molar-refractivity contribution in [2.45, 2.75) is 38.6 Å². The lowest BCUT2D eigenvalue weighted by Crippen LogP contribution is -2.41. The summed E-state index contributed by atoms with van der Waals surface area (Å²) in [6.45, 7) is 2.33. The van der Waals surface area contributed by atoms with Gasteiger partial charge in [0.25, 0.3) is 0 Å². The summed E-state index contributed by atoms with van der Waals surface area (Å²) in [4.78, 5) is 5.71. The number of nitrogens with zero attached hydrogens (tertiary/aromatic N) is 2. The molecule has 18 heavy (non-hydrogen) atoms. The molecule has 1 aliphatic rings. The number of hydrazine groups is 1. The van der Waals surface area contributed by atoms with Crippen molar-refractivity contribution in [1.82, 2.24) is 14.8 Å². The van der Waals surface area contributed by atoms with Gasteiger partial charge in [-0.1, -0.05) is 13.3 Å². The van der Waals surface area contributed by atoms with E-state index in [0.717, 1.165) is 23.0 Å². The van der Waals surface area contributed by atoms with E-state index in [1.165, 1.54) is 19.3 Å². The molecular formula is C13H20N4S. The maximum Gasteiger partial charge on any atom is 0.193 e. The summed E-state index contributed by atoms with van der Waals surface area (Å²) < 4.78 is 2.09. The fourth-order valence-electron chi connectivity index (χ4n) is 3.08. The van der Waals surface area contributed by atoms with Crippen LogP contribution in [0.4, 0.5) is 0 Å². The Morgan fingerprint density at radius 3 is 3.17 bits per heavy atom. The van der Waals surface area contributed by atoms with Gasteiger partial charge in [0.1, 0.15) is 0 Å². The lowest BCUT2D eigenvalue weighted by Gasteiger charge is -2.21. The van der Waals surface area contributed by atoms with Crippen molar-refractivity contribution in [2.24, 2.45) is 17.7 Å². The van der Waals surface area contributed by atoms with Gasteiger partial charge in [-0.15, -0.1) is 11.3 Å². The first-order chi connectivity index (χ1) is 8.76. The number of aromatic nitrogens is 2. The Morgan fingerprint density at radius 1 is 1.61 bits per heavy atom. The number of rotatable bonds is 4. The number of thiazole rings is 1. The Morgan fingerprint density at radius 2 is 2.50 bits per heavy atom. The summed E-state index contributed by atoms with van der Waals surface area (Å²) in [5.41, 5.74) is 4.15. The van der Waals surface area contributed by atoms with Gasteiger partial charge in [0.2, 0.25) is 0 Å². The second-order valence-corrected chi connectivity index (χ2v) is 6.35. The molecule has 98 valence electrons. The Labute approximate surface area is 111 Å². The summed E-state index contributed by atoms with van der Waals surface area (Å²) in [6.07, 6.45) is 9.02. The highest BCUT2D eigenvalue weighted by Crippen LogP contribution is 2.33. The third-order valence-corrected chi connectivity index (χ3v) is 4.86. The minimum atomic E-state index is 0.361. The van der Waals surface area contributed by atoms with E-state index in [2.05, 4.69) is 39.5 Å². The third-order valence-electron chi connectivity index (χ3n) is 4.09. The topological polar surface area (TPSA) is 55.3 Å². The minimum absolute atomic E-state index is 0.361. The van der Waals surface area contributed by atoms with Gasteiger partial charge in [0.05, 0.1) is 5.69 Å². The normalized spacial score (nSPS) is 25.9. The molecule has 0 aromatic carbocycles. The van der Waals surface area contributed by atoms with Crippen LogP contribution in [-0.4, -0.2) is 15.4 Å². The van der Waals surface area contributed by atoms with Gasteiger partial charge >= 0.3 is 0 Å². The van der Waals surface area contributed by atoms with Crippen LogP contribution < -0.4 is 11.3 Å². The molecule has 0 bridgehead atoms. The van der Waals surface area contributed by atoms with E-state index >= 15 is 0 Å². The van der Waals surface area contributed by atoms with Crippen molar-refractivity contribution >= 4 is 16.3 Å². The average Bonchev–Trinajstić information content (AvgIpc) is 3.00. The van der Waals surface area contributed by atoms with E-state index < -0.39 is 0 Å². The third kappa shape index (κ3) is 2.30. The zero-order valence-corrected chi connectivity index (χ0v) is 11.5. The zero-order chi connectivity index (χ0) is 12.5. The van der Waals surface area contributed by atoms with E-state index in [0.29, 0.717) is 12.0 Å². The highest BCUT2D eigenvalue weighted by atomic mass is 32.1. The van der Waals surface area contributed by atoms with Crippen molar-refractivity contribution in [1.29, 1.82) is 0 Å². The van der Waals surface area contributed by atoms with Crippen LogP contribution in [0.1, 0.15) is 31.9 Å². The van der Waals surface area contributed by atoms with Gasteiger partial charge in [0, 0.05) is 30.2 Å². The Bertz CT molecular complexity index is 489. The molecule has 1 fully saturated rings. The molecule has 3 atom stereocenters. The first-order valence-electron chi connectivity index (χ1n) is 6.63. The van der Waals surface area contributed by atoms with Crippen LogP contribution in [0, 0.1) is 11.8 Å². The molecule has 0 amide bonds. The molecule has 1 aliphatic carbocycles. The lowest BCUT2D eigenvalue weighted by molar-refractivity contribution is 0.351. The van der Waals surface area contributed by atoms with Gasteiger partial charge in [-0.2, -0.15) is 0 Å². The smallest absolute Gasteiger partial charge is 0.193 e. The van der Waals surface area contributed by atoms with E-state index in [4.69, 9.17) is 5.84 Å². The number of hydrogen-bond acceptors (Lipinski definition) is 4. The number of imidazole rings is 1. The van der Waals surface area contributed by atoms with E-state index in [-0.39, 0.29) is 0 Å². The van der Waals surface area contributed by atoms with Crippen LogP contribution in [0.2, 0.25) is 0 Å². The molecule has 0 spiro atoms. The average molecular weight is 264 g/mol. The second-order valence-electron chi connectivity index (χ2n) is 5.48. The maximum absolute atomic E-state index is 5.73. The predicted octanol–water partition coefficient (Wildman–Crippen LogP) is 2.21. The summed E-state index contributed by atoms with van der Waals surface area (Å²) in [5.74, 6) is 7.28. The molecule has 2 aromatic heterocycles. The first-order valence-corrected chi connectivity index (χ1v) is 7.51. The second kappa shape index (κ2) is 4.99. The molecule has 5 heteroatoms. The van der Waals surface area contributed by atoms with Crippen molar-refractivity contribution in [3.05, 3.63) is 23.5 Å². The number of nitrogens with two attached hydrogens (primary N) is 1. The van der Waals surface area contributed by atoms with E-state index in [1.54, 1.807) is 11.3 Å². The Hall–Kier alpha value is -0.910. The van der Waals surface area contributed by atoms with E-state index in [9.17, 15) is 0 Å². The Kier molecular flexibility index (Phi) is 3.37. The van der Waals surface area contributed by atoms with Crippen LogP contribution >= 0.6 is 11.3 Å². The molecule has 0 radical (unpaired) electrons. The molecule has 1 saturated carbocycles. The summed E-state index contributed by atoms with van der Waals surface area (Å²) in [5, 5.41) is 2.06. The van der Waals surface area contributed by atoms with Gasteiger partial charge in [0.15, 0.2) is 4.96 Å². The summed E-state index contributed by atoms with van der Waals surface area (Å²) in [6, 6.07) is 0.361. The molecule has 2 heterocycles. The molecule has 3 unspecified atom stereocenters. The van der Waals surface area contributed by atoms with Crippen LogP contribution in [0.15, 0.2) is 17.8 Å². The zero-order valence-electron chi connectivity index (χ0n) is 10.7. The lowest BCUT2D eigenvalue weighted by atomic mass is 9.94. The Balaban J connectivity index is 1.71. The molecular weight excluding hydrogens is 244 g/mol. The number of hydrogen-bond donors (Lipinski definition) is 2. The van der Waals surface area contributed by atoms with Crippen LogP contribution in [-0.2, 0) is 6.42 Å². The van der Waals surface area contributed by atoms with Crippen LogP contribution in [0.3, 0.4) is 0 Å². The number of nitrogens with one attached hydrogen (secondary N) is 1. The van der Waals surface area contributed by atoms with Gasteiger partial charge in [-0.05, 0) is 24.7 Å². The molecule has 2 aromatic rings. The van der Waals surface area contributed by atoms with Gasteiger partial charge < -0.3 is 0 Å². The minimum Gasteiger partial charge on any atom is -0.297 e. The summed E-state index contributed by atoms with van der Waals surface area (Å²) >= 11 is 1.68. The maximum atomic E-state index is 5.73. The largest absolute Gasteiger partial charge is 0.297 e. The molecule has 4 nitrogen and oxygen atoms in total. The fourth-order valence-corrected chi connectivity index (χ4v) is 3.80. The monoisotopic (exact) mass is 264 g/mol. The van der Waals surface area contributed by atoms with Gasteiger partial charge in [-0.25, -0.2) is 4.98 Å². The standard InChI is InChI=1S/C13H20N4S/c1-9-2-3-10(6-9)12(16-14)7-11-8-17-4-5-18-13(17)15-11/h4-5,8-10,12,16H,2-3,6-7,14H2,1H3. The van der Waals surface area contributed by atoms with Crippen molar-refractivity contribution in [2.75, 3.05) is 0 Å². The molecule has 3 N–H and O–H groups in total. The van der Waals surface area contributed by atoms with E-state index in [1.807, 2.05) is 0 Å². The van der Waals surface area contributed by atoms with Crippen molar-refractivity contribution in [3.8, 4) is 0 Å². The number of fused-ring (bicyclic) bond motifs is 1. The highest BCUT2D eigenvalue weighted by Gasteiger charge is 2.28. The van der Waals surface area contributed by atoms with Gasteiger partial charge in [-0.3, -0.25) is 15.7 Å². The summed E-state index contributed by atoms with van der Waals surface area (Å²) in [7, 11) is 0. The fraction of sp³-hybridized carbons (Fsp3) is 0.615. The predicted molar refractivity (Wildman–Crippen MR) is 74.4 cm³/mol. The van der Waals surface area contributed by atoms with Crippen LogP contribution in [0.5, 0.6) is 0 Å². The SMILES string of the molecule is CC1CCC(C(Cc2cn3ccsc3n2)NN)C1. The molecule has 0 aliphatic heterocycles. The van der Waals surface area contributed by atoms with Crippen molar-refractivity contribution < 1.29 is 0 Å². The first kappa shape index (κ1) is 12.1. The molecule has 3 rings (SSSR count). The molecule has 0 saturated heterocycles. The van der Waals surface area contributed by atoms with Crippen molar-refractivity contribution in [3.63, 3.8) is 0 Å². The van der Waals surface area contributed by atoms with Crippen LogP contribution in [0.25, 0.3) is 4.96 Å². The quantitative estimate of drug-likeness (QED) is 0.657. The highest BCUT2D eigenvalue weighted by molar-refractivity contribution is 7.15.